The number of sulfonamides is 1. The second-order valence-electron chi connectivity index (χ2n) is 4.22. The molecule has 0 radical (unpaired) electrons. The van der Waals surface area contributed by atoms with Crippen LogP contribution in [0.1, 0.15) is 11.1 Å². The minimum atomic E-state index is -3.86. The summed E-state index contributed by atoms with van der Waals surface area (Å²) in [6.07, 6.45) is 0.129. The van der Waals surface area contributed by atoms with E-state index in [1.54, 1.807) is 36.4 Å². The smallest absolute Gasteiger partial charge is 0.258 e. The van der Waals surface area contributed by atoms with Crippen molar-refractivity contribution in [3.8, 4) is 0 Å². The molecule has 0 unspecified atom stereocenters. The molecular weight excluding hydrogens is 280 g/mol. The van der Waals surface area contributed by atoms with Gasteiger partial charge in [0.15, 0.2) is 0 Å². The first-order valence-corrected chi connectivity index (χ1v) is 7.27. The first kappa shape index (κ1) is 14.2. The van der Waals surface area contributed by atoms with Crippen LogP contribution < -0.4 is 5.14 Å². The summed E-state index contributed by atoms with van der Waals surface area (Å²) in [5, 5.41) is 16.1. The Morgan fingerprint density at radius 2 is 1.55 bits per heavy atom. The standard InChI is InChI=1S/C13H12N2O4S/c14-20(18,19)13-8-4-2-6-11(13)9-10-5-1-3-7-12(10)15(16)17/h1-8H,9H2,(H2,14,18,19). The van der Waals surface area contributed by atoms with Crippen LogP contribution in [0, 0.1) is 10.1 Å². The molecule has 6 nitrogen and oxygen atoms in total. The van der Waals surface area contributed by atoms with Crippen molar-refractivity contribution < 1.29 is 13.3 Å². The Morgan fingerprint density at radius 1 is 1.00 bits per heavy atom. The first-order valence-electron chi connectivity index (χ1n) is 5.72. The molecule has 2 aromatic carbocycles. The van der Waals surface area contributed by atoms with Gasteiger partial charge in [0.05, 0.1) is 9.82 Å². The van der Waals surface area contributed by atoms with Gasteiger partial charge in [0.1, 0.15) is 0 Å². The summed E-state index contributed by atoms with van der Waals surface area (Å²) in [5.41, 5.74) is 0.828. The molecule has 104 valence electrons. The SMILES string of the molecule is NS(=O)(=O)c1ccccc1Cc1ccccc1[N+](=O)[O-]. The Balaban J connectivity index is 2.49. The molecule has 0 heterocycles. The zero-order valence-corrected chi connectivity index (χ0v) is 11.2. The molecule has 0 atom stereocenters. The third kappa shape index (κ3) is 3.01. The van der Waals surface area contributed by atoms with E-state index in [-0.39, 0.29) is 17.0 Å². The monoisotopic (exact) mass is 292 g/mol. The lowest BCUT2D eigenvalue weighted by Gasteiger charge is -2.08. The van der Waals surface area contributed by atoms with Crippen LogP contribution in [0.5, 0.6) is 0 Å². The highest BCUT2D eigenvalue weighted by molar-refractivity contribution is 7.89. The van der Waals surface area contributed by atoms with Crippen LogP contribution in [0.3, 0.4) is 0 Å². The maximum atomic E-state index is 11.5. The lowest BCUT2D eigenvalue weighted by molar-refractivity contribution is -0.385. The largest absolute Gasteiger partial charge is 0.272 e. The van der Waals surface area contributed by atoms with E-state index in [2.05, 4.69) is 0 Å². The van der Waals surface area contributed by atoms with Gasteiger partial charge in [-0.3, -0.25) is 10.1 Å². The van der Waals surface area contributed by atoms with Crippen molar-refractivity contribution in [1.82, 2.24) is 0 Å². The van der Waals surface area contributed by atoms with Crippen LogP contribution in [0.25, 0.3) is 0 Å². The molecule has 2 aromatic rings. The predicted octanol–water partition coefficient (Wildman–Crippen LogP) is 1.83. The summed E-state index contributed by atoms with van der Waals surface area (Å²) >= 11 is 0. The number of primary sulfonamides is 1. The highest BCUT2D eigenvalue weighted by Gasteiger charge is 2.17. The molecule has 0 aliphatic heterocycles. The van der Waals surface area contributed by atoms with Crippen molar-refractivity contribution in [2.75, 3.05) is 0 Å². The molecule has 0 saturated heterocycles. The van der Waals surface area contributed by atoms with E-state index in [0.717, 1.165) is 0 Å². The topological polar surface area (TPSA) is 103 Å². The van der Waals surface area contributed by atoms with Gasteiger partial charge in [-0.2, -0.15) is 0 Å². The zero-order valence-electron chi connectivity index (χ0n) is 10.4. The van der Waals surface area contributed by atoms with Gasteiger partial charge in [-0.05, 0) is 11.6 Å². The Kier molecular flexibility index (Phi) is 3.82. The fourth-order valence-electron chi connectivity index (χ4n) is 1.97. The zero-order chi connectivity index (χ0) is 14.8. The summed E-state index contributed by atoms with van der Waals surface area (Å²) in [6, 6.07) is 12.4. The Labute approximate surface area is 116 Å². The Bertz CT molecular complexity index is 756. The van der Waals surface area contributed by atoms with E-state index >= 15 is 0 Å². The average molecular weight is 292 g/mol. The van der Waals surface area contributed by atoms with Crippen molar-refractivity contribution in [1.29, 1.82) is 0 Å². The van der Waals surface area contributed by atoms with Crippen molar-refractivity contribution in [3.05, 3.63) is 69.8 Å². The van der Waals surface area contributed by atoms with Crippen molar-refractivity contribution in [2.24, 2.45) is 5.14 Å². The summed E-state index contributed by atoms with van der Waals surface area (Å²) < 4.78 is 23.0. The van der Waals surface area contributed by atoms with Gasteiger partial charge in [0.25, 0.3) is 5.69 Å². The number of nitro groups is 1. The minimum absolute atomic E-state index is 0.0156. The number of nitro benzene ring substituents is 1. The quantitative estimate of drug-likeness (QED) is 0.685. The molecule has 0 bridgehead atoms. The van der Waals surface area contributed by atoms with Crippen LogP contribution in [0.15, 0.2) is 53.4 Å². The van der Waals surface area contributed by atoms with Crippen LogP contribution in [0.2, 0.25) is 0 Å². The van der Waals surface area contributed by atoms with Crippen LogP contribution in [0.4, 0.5) is 5.69 Å². The number of para-hydroxylation sites is 1. The molecule has 2 N–H and O–H groups in total. The van der Waals surface area contributed by atoms with E-state index < -0.39 is 14.9 Å². The third-order valence-corrected chi connectivity index (χ3v) is 3.86. The Hall–Kier alpha value is -2.25. The van der Waals surface area contributed by atoms with Crippen LogP contribution >= 0.6 is 0 Å². The second-order valence-corrected chi connectivity index (χ2v) is 5.75. The maximum Gasteiger partial charge on any atom is 0.272 e. The normalized spacial score (nSPS) is 11.2. The van der Waals surface area contributed by atoms with Crippen molar-refractivity contribution >= 4 is 15.7 Å². The minimum Gasteiger partial charge on any atom is -0.258 e. The van der Waals surface area contributed by atoms with Gasteiger partial charge in [0, 0.05) is 18.1 Å². The fourth-order valence-corrected chi connectivity index (χ4v) is 2.74. The van der Waals surface area contributed by atoms with Gasteiger partial charge in [-0.25, -0.2) is 13.6 Å². The molecule has 0 saturated carbocycles. The molecule has 0 amide bonds. The highest BCUT2D eigenvalue weighted by atomic mass is 32.2. The summed E-state index contributed by atoms with van der Waals surface area (Å²) in [4.78, 5) is 10.4. The molecule has 0 aliphatic rings. The lowest BCUT2D eigenvalue weighted by Crippen LogP contribution is -2.14. The molecule has 0 spiro atoms. The number of hydrogen-bond acceptors (Lipinski definition) is 4. The summed E-state index contributed by atoms with van der Waals surface area (Å²) in [7, 11) is -3.86. The number of nitrogens with zero attached hydrogens (tertiary/aromatic N) is 1. The molecule has 2 rings (SSSR count). The maximum absolute atomic E-state index is 11.5. The second kappa shape index (κ2) is 5.40. The van der Waals surface area contributed by atoms with Crippen molar-refractivity contribution in [2.45, 2.75) is 11.3 Å². The molecular formula is C13H12N2O4S. The average Bonchev–Trinajstić information content (AvgIpc) is 2.38. The van der Waals surface area contributed by atoms with Gasteiger partial charge in [-0.15, -0.1) is 0 Å². The molecule has 7 heteroatoms. The van der Waals surface area contributed by atoms with Crippen LogP contribution in [-0.2, 0) is 16.4 Å². The number of benzene rings is 2. The molecule has 20 heavy (non-hydrogen) atoms. The fraction of sp³-hybridized carbons (Fsp3) is 0.0769. The van der Waals surface area contributed by atoms with Gasteiger partial charge in [0.2, 0.25) is 10.0 Å². The van der Waals surface area contributed by atoms with Crippen molar-refractivity contribution in [3.63, 3.8) is 0 Å². The van der Waals surface area contributed by atoms with Gasteiger partial charge < -0.3 is 0 Å². The third-order valence-electron chi connectivity index (χ3n) is 2.85. The summed E-state index contributed by atoms with van der Waals surface area (Å²) in [5.74, 6) is 0. The molecule has 0 fully saturated rings. The highest BCUT2D eigenvalue weighted by Crippen LogP contribution is 2.24. The predicted molar refractivity (Wildman–Crippen MR) is 73.7 cm³/mol. The van der Waals surface area contributed by atoms with Crippen LogP contribution in [-0.4, -0.2) is 13.3 Å². The lowest BCUT2D eigenvalue weighted by atomic mass is 10.0. The van der Waals surface area contributed by atoms with Gasteiger partial charge in [-0.1, -0.05) is 36.4 Å². The number of rotatable bonds is 4. The summed E-state index contributed by atoms with van der Waals surface area (Å²) in [6.45, 7) is 0. The first-order chi connectivity index (χ1) is 9.39. The number of hydrogen-bond donors (Lipinski definition) is 1. The molecule has 0 aromatic heterocycles. The molecule has 0 aliphatic carbocycles. The van der Waals surface area contributed by atoms with E-state index in [4.69, 9.17) is 5.14 Å². The van der Waals surface area contributed by atoms with E-state index in [1.165, 1.54) is 12.1 Å². The van der Waals surface area contributed by atoms with E-state index in [9.17, 15) is 18.5 Å². The Morgan fingerprint density at radius 3 is 2.15 bits per heavy atom. The van der Waals surface area contributed by atoms with Gasteiger partial charge >= 0.3 is 0 Å². The van der Waals surface area contributed by atoms with E-state index in [0.29, 0.717) is 11.1 Å². The van der Waals surface area contributed by atoms with E-state index in [1.807, 2.05) is 0 Å². The number of nitrogens with two attached hydrogens (primary N) is 1.